The van der Waals surface area contributed by atoms with Crippen molar-refractivity contribution in [2.75, 3.05) is 19.7 Å². The summed E-state index contributed by atoms with van der Waals surface area (Å²) in [4.78, 5) is 45.9. The molecule has 0 aromatic heterocycles. The second kappa shape index (κ2) is 11.3. The van der Waals surface area contributed by atoms with Gasteiger partial charge in [0.15, 0.2) is 0 Å². The Kier molecular flexibility index (Phi) is 8.40. The van der Waals surface area contributed by atoms with E-state index in [1.165, 1.54) is 0 Å². The molecule has 0 spiro atoms. The maximum atomic E-state index is 13.7. The molecule has 1 atom stereocenters. The average Bonchev–Trinajstić information content (AvgIpc) is 3.36. The summed E-state index contributed by atoms with van der Waals surface area (Å²) in [5.74, 6) is 0.454. The molecule has 9 heteroatoms. The Hall–Kier alpha value is -2.94. The van der Waals surface area contributed by atoms with Crippen LogP contribution < -0.4 is 10.6 Å². The van der Waals surface area contributed by atoms with Gasteiger partial charge in [0.05, 0.1) is 32.7 Å². The number of hydrogen-bond donors (Lipinski definition) is 2. The Morgan fingerprint density at radius 2 is 1.82 bits per heavy atom. The van der Waals surface area contributed by atoms with Gasteiger partial charge in [0.1, 0.15) is 12.4 Å². The van der Waals surface area contributed by atoms with Gasteiger partial charge in [0, 0.05) is 17.0 Å². The predicted molar refractivity (Wildman–Crippen MR) is 156 cm³/mol. The van der Waals surface area contributed by atoms with Crippen LogP contribution in [0.1, 0.15) is 70.9 Å². The van der Waals surface area contributed by atoms with Crippen molar-refractivity contribution in [3.63, 3.8) is 0 Å². The molecule has 1 aromatic rings. The van der Waals surface area contributed by atoms with Gasteiger partial charge >= 0.3 is 12.0 Å². The fraction of sp³-hybridized carbons (Fsp3) is 0.600. The molecule has 1 saturated carbocycles. The van der Waals surface area contributed by atoms with Gasteiger partial charge in [-0.2, -0.15) is 0 Å². The molecule has 0 saturated heterocycles. The minimum Gasteiger partial charge on any atom is -0.463 e. The molecule has 1 fully saturated rings. The number of amidine groups is 1. The molecular formula is C30H44N4O4Si. The Bertz CT molecular complexity index is 1170. The van der Waals surface area contributed by atoms with Gasteiger partial charge in [0.25, 0.3) is 0 Å². The Morgan fingerprint density at radius 1 is 1.13 bits per heavy atom. The maximum Gasteiger partial charge on any atom is 0.319 e. The number of carbonyl (C=O) groups is 3. The fourth-order valence-corrected chi connectivity index (χ4v) is 8.56. The van der Waals surface area contributed by atoms with Crippen LogP contribution in [0.2, 0.25) is 24.7 Å². The standard InChI is InChI=1S/C30H44N4O4Si/c1-7-8-15-25(35)38-20-24(21-13-10-9-11-14-21)32-28(37)34-19-22-23(29(34,2)3)18-31-26(22)33-27(36)30(16-12-17-30)39(4,5)6/h9-11,13-14,24H,7-8,12,15-20H2,1-6H3,(H,32,37)(H,31,33,36)/t24-/m1/s1. The van der Waals surface area contributed by atoms with Crippen molar-refractivity contribution >= 4 is 31.8 Å². The number of carbonyl (C=O) groups excluding carboxylic acids is 3. The van der Waals surface area contributed by atoms with Gasteiger partial charge in [0.2, 0.25) is 5.91 Å². The third-order valence-corrected chi connectivity index (χ3v) is 12.6. The van der Waals surface area contributed by atoms with E-state index in [1.807, 2.05) is 51.1 Å². The summed E-state index contributed by atoms with van der Waals surface area (Å²) in [6, 6.07) is 8.86. The molecule has 2 heterocycles. The highest BCUT2D eigenvalue weighted by molar-refractivity contribution is 6.82. The van der Waals surface area contributed by atoms with E-state index in [4.69, 9.17) is 9.73 Å². The van der Waals surface area contributed by atoms with Crippen LogP contribution in [0.25, 0.3) is 0 Å². The van der Waals surface area contributed by atoms with E-state index in [-0.39, 0.29) is 29.6 Å². The summed E-state index contributed by atoms with van der Waals surface area (Å²) in [6.45, 7) is 13.8. The van der Waals surface area contributed by atoms with E-state index in [2.05, 4.69) is 30.3 Å². The number of benzene rings is 1. The molecule has 8 nitrogen and oxygen atoms in total. The molecule has 39 heavy (non-hydrogen) atoms. The SMILES string of the molecule is CCCCC(=O)OC[C@@H](NC(=O)N1CC2=C(CN=C2NC(=O)C2([Si](C)(C)C)CCC2)C1(C)C)c1ccccc1. The lowest BCUT2D eigenvalue weighted by atomic mass is 9.83. The molecule has 0 bridgehead atoms. The number of nitrogens with one attached hydrogen (secondary N) is 2. The van der Waals surface area contributed by atoms with Crippen molar-refractivity contribution < 1.29 is 19.1 Å². The van der Waals surface area contributed by atoms with Crippen LogP contribution in [0.4, 0.5) is 4.79 Å². The van der Waals surface area contributed by atoms with Crippen LogP contribution in [0.3, 0.4) is 0 Å². The van der Waals surface area contributed by atoms with Crippen molar-refractivity contribution in [2.45, 2.75) is 95.6 Å². The topological polar surface area (TPSA) is 100 Å². The number of urea groups is 1. The molecule has 3 amide bonds. The number of amides is 3. The fourth-order valence-electron chi connectivity index (χ4n) is 5.96. The monoisotopic (exact) mass is 552 g/mol. The smallest absolute Gasteiger partial charge is 0.319 e. The quantitative estimate of drug-likeness (QED) is 0.318. The molecule has 212 valence electrons. The highest BCUT2D eigenvalue weighted by Gasteiger charge is 2.54. The zero-order valence-electron chi connectivity index (χ0n) is 24.4. The summed E-state index contributed by atoms with van der Waals surface area (Å²) < 4.78 is 5.54. The Morgan fingerprint density at radius 3 is 2.41 bits per heavy atom. The van der Waals surface area contributed by atoms with Gasteiger partial charge < -0.3 is 20.3 Å². The van der Waals surface area contributed by atoms with E-state index in [9.17, 15) is 14.4 Å². The van der Waals surface area contributed by atoms with Crippen LogP contribution in [-0.2, 0) is 14.3 Å². The lowest BCUT2D eigenvalue weighted by Crippen LogP contribution is -2.55. The summed E-state index contributed by atoms with van der Waals surface area (Å²) in [6.07, 6.45) is 5.04. The first-order chi connectivity index (χ1) is 18.4. The number of nitrogens with zero attached hydrogens (tertiary/aromatic N) is 2. The number of ether oxygens (including phenoxy) is 1. The number of unbranched alkanes of at least 4 members (excludes halogenated alkanes) is 1. The van der Waals surface area contributed by atoms with E-state index in [0.717, 1.165) is 48.8 Å². The lowest BCUT2D eigenvalue weighted by molar-refractivity contribution is -0.144. The number of aliphatic imine (C=N–C) groups is 1. The Balaban J connectivity index is 1.45. The van der Waals surface area contributed by atoms with Gasteiger partial charge in [-0.15, -0.1) is 0 Å². The molecule has 0 radical (unpaired) electrons. The third kappa shape index (κ3) is 5.69. The first kappa shape index (κ1) is 29.0. The Labute approximate surface area is 233 Å². The summed E-state index contributed by atoms with van der Waals surface area (Å²) >= 11 is 0. The highest BCUT2D eigenvalue weighted by Crippen LogP contribution is 2.55. The third-order valence-electron chi connectivity index (χ3n) is 8.97. The molecule has 1 aromatic carbocycles. The van der Waals surface area contributed by atoms with E-state index < -0.39 is 19.7 Å². The molecule has 3 aliphatic rings. The maximum absolute atomic E-state index is 13.7. The van der Waals surface area contributed by atoms with E-state index in [1.54, 1.807) is 4.90 Å². The summed E-state index contributed by atoms with van der Waals surface area (Å²) in [7, 11) is -1.72. The number of hydrogen-bond acceptors (Lipinski definition) is 5. The zero-order chi connectivity index (χ0) is 28.4. The zero-order valence-corrected chi connectivity index (χ0v) is 25.4. The van der Waals surface area contributed by atoms with Crippen molar-refractivity contribution in [3.05, 3.63) is 47.0 Å². The first-order valence-electron chi connectivity index (χ1n) is 14.3. The van der Waals surface area contributed by atoms with Crippen LogP contribution in [-0.4, -0.2) is 62.0 Å². The van der Waals surface area contributed by atoms with E-state index in [0.29, 0.717) is 25.3 Å². The summed E-state index contributed by atoms with van der Waals surface area (Å²) in [5, 5.41) is 6.05. The van der Waals surface area contributed by atoms with Crippen molar-refractivity contribution in [1.82, 2.24) is 15.5 Å². The number of rotatable bonds is 9. The van der Waals surface area contributed by atoms with Crippen LogP contribution in [0.5, 0.6) is 0 Å². The largest absolute Gasteiger partial charge is 0.463 e. The van der Waals surface area contributed by atoms with Gasteiger partial charge in [-0.3, -0.25) is 14.6 Å². The van der Waals surface area contributed by atoms with Crippen LogP contribution in [0.15, 0.2) is 46.5 Å². The normalized spacial score (nSPS) is 20.1. The molecule has 4 rings (SSSR count). The van der Waals surface area contributed by atoms with Crippen LogP contribution >= 0.6 is 0 Å². The molecule has 2 N–H and O–H groups in total. The van der Waals surface area contributed by atoms with Crippen molar-refractivity contribution in [3.8, 4) is 0 Å². The molecule has 2 aliphatic heterocycles. The molecular weight excluding hydrogens is 508 g/mol. The number of esters is 1. The predicted octanol–water partition coefficient (Wildman–Crippen LogP) is 5.35. The minimum atomic E-state index is -1.72. The van der Waals surface area contributed by atoms with Gasteiger partial charge in [-0.1, -0.05) is 69.7 Å². The van der Waals surface area contributed by atoms with Gasteiger partial charge in [-0.05, 0) is 44.2 Å². The van der Waals surface area contributed by atoms with Crippen LogP contribution in [0, 0.1) is 0 Å². The van der Waals surface area contributed by atoms with Crippen molar-refractivity contribution in [2.24, 2.45) is 4.99 Å². The first-order valence-corrected chi connectivity index (χ1v) is 17.8. The highest BCUT2D eigenvalue weighted by atomic mass is 28.3. The minimum absolute atomic E-state index is 0.0707. The average molecular weight is 553 g/mol. The second-order valence-electron chi connectivity index (χ2n) is 12.6. The second-order valence-corrected chi connectivity index (χ2v) is 18.1. The molecule has 0 unspecified atom stereocenters. The van der Waals surface area contributed by atoms with Crippen molar-refractivity contribution in [1.29, 1.82) is 0 Å². The molecule has 1 aliphatic carbocycles. The van der Waals surface area contributed by atoms with Gasteiger partial charge in [-0.25, -0.2) is 4.79 Å². The summed E-state index contributed by atoms with van der Waals surface area (Å²) in [5.41, 5.74) is 2.31. The van der Waals surface area contributed by atoms with E-state index >= 15 is 0 Å². The lowest BCUT2D eigenvalue weighted by Gasteiger charge is -2.49.